The van der Waals surface area contributed by atoms with Crippen LogP contribution in [0.25, 0.3) is 6.08 Å². The van der Waals surface area contributed by atoms with Gasteiger partial charge in [-0.25, -0.2) is 4.98 Å². The van der Waals surface area contributed by atoms with E-state index in [-0.39, 0.29) is 11.6 Å². The quantitative estimate of drug-likeness (QED) is 0.733. The van der Waals surface area contributed by atoms with E-state index in [4.69, 9.17) is 5.11 Å². The van der Waals surface area contributed by atoms with E-state index in [1.807, 2.05) is 0 Å². The van der Waals surface area contributed by atoms with Crippen molar-refractivity contribution in [3.05, 3.63) is 22.2 Å². The molecule has 70 valence electrons. The minimum Gasteiger partial charge on any atom is -0.542 e. The van der Waals surface area contributed by atoms with Crippen LogP contribution in [0.4, 0.5) is 0 Å². The van der Waals surface area contributed by atoms with Crippen molar-refractivity contribution in [1.82, 2.24) is 4.98 Å². The molecule has 0 saturated carbocycles. The highest BCUT2D eigenvalue weighted by Crippen LogP contribution is 2.10. The molecule has 0 fully saturated rings. The number of aromatic carboxylic acids is 1. The number of rotatable bonds is 4. The van der Waals surface area contributed by atoms with Gasteiger partial charge >= 0.3 is 0 Å². The second-order valence-corrected chi connectivity index (χ2v) is 3.14. The number of carboxylic acid groups (broad SMARTS) is 1. The molecule has 0 aliphatic rings. The molecular weight excluding hydrogens is 190 g/mol. The molecular formula is C8H8NO3S-. The molecule has 0 unspecified atom stereocenters. The smallest absolute Gasteiger partial charge is 0.139 e. The van der Waals surface area contributed by atoms with Gasteiger partial charge in [-0.2, -0.15) is 0 Å². The normalized spacial score (nSPS) is 10.8. The molecule has 0 aromatic carbocycles. The summed E-state index contributed by atoms with van der Waals surface area (Å²) in [7, 11) is 0. The Balaban J connectivity index is 2.64. The highest BCUT2D eigenvalue weighted by atomic mass is 32.1. The van der Waals surface area contributed by atoms with Gasteiger partial charge in [0.25, 0.3) is 0 Å². The maximum atomic E-state index is 10.3. The molecule has 0 spiro atoms. The van der Waals surface area contributed by atoms with E-state index in [0.29, 0.717) is 12.1 Å². The van der Waals surface area contributed by atoms with Gasteiger partial charge in [0.2, 0.25) is 0 Å². The lowest BCUT2D eigenvalue weighted by Crippen LogP contribution is -2.21. The van der Waals surface area contributed by atoms with E-state index in [1.165, 1.54) is 0 Å². The minimum absolute atomic E-state index is 0.0244. The van der Waals surface area contributed by atoms with E-state index in [9.17, 15) is 9.90 Å². The number of aromatic nitrogens is 1. The molecule has 0 saturated heterocycles. The van der Waals surface area contributed by atoms with Crippen molar-refractivity contribution in [3.63, 3.8) is 0 Å². The number of carboxylic acids is 1. The summed E-state index contributed by atoms with van der Waals surface area (Å²) in [4.78, 5) is 14.1. The largest absolute Gasteiger partial charge is 0.542 e. The predicted octanol–water partition coefficient (Wildman–Crippen LogP) is -0.0978. The number of carbonyl (C=O) groups excluding carboxylic acids is 1. The van der Waals surface area contributed by atoms with Crippen LogP contribution in [-0.4, -0.2) is 22.7 Å². The van der Waals surface area contributed by atoms with Crippen LogP contribution in [0.5, 0.6) is 0 Å². The van der Waals surface area contributed by atoms with Gasteiger partial charge < -0.3 is 15.0 Å². The Morgan fingerprint density at radius 2 is 2.54 bits per heavy atom. The van der Waals surface area contributed by atoms with Crippen LogP contribution in [0.1, 0.15) is 21.9 Å². The number of aliphatic hydroxyl groups is 1. The molecule has 5 heteroatoms. The van der Waals surface area contributed by atoms with Crippen LogP contribution >= 0.6 is 11.3 Å². The summed E-state index contributed by atoms with van der Waals surface area (Å²) in [5.41, 5.74) is 0.581. The first-order valence-electron chi connectivity index (χ1n) is 3.68. The van der Waals surface area contributed by atoms with Gasteiger partial charge in [0.05, 0.1) is 5.69 Å². The van der Waals surface area contributed by atoms with E-state index in [2.05, 4.69) is 4.98 Å². The molecule has 4 nitrogen and oxygen atoms in total. The zero-order valence-electron chi connectivity index (χ0n) is 6.77. The fourth-order valence-corrected chi connectivity index (χ4v) is 1.35. The molecule has 1 heterocycles. The number of nitrogens with zero attached hydrogens (tertiary/aromatic N) is 1. The number of carbonyl (C=O) groups is 1. The first kappa shape index (κ1) is 9.88. The first-order chi connectivity index (χ1) is 6.24. The molecule has 0 atom stereocenters. The van der Waals surface area contributed by atoms with Crippen molar-refractivity contribution in [2.75, 3.05) is 6.61 Å². The summed E-state index contributed by atoms with van der Waals surface area (Å²) >= 11 is 1.03. The molecule has 0 bridgehead atoms. The van der Waals surface area contributed by atoms with E-state index < -0.39 is 5.97 Å². The van der Waals surface area contributed by atoms with Crippen molar-refractivity contribution in [2.24, 2.45) is 0 Å². The standard InChI is InChI=1S/C8H9NO3S/c10-4-2-1-3-6-5-13-7(9-6)8(11)12/h1,3,5,10H,2,4H2,(H,11,12)/p-1. The summed E-state index contributed by atoms with van der Waals surface area (Å²) in [6.07, 6.45) is 3.94. The number of aliphatic hydroxyl groups excluding tert-OH is 1. The number of hydrogen-bond donors (Lipinski definition) is 1. The third-order valence-electron chi connectivity index (χ3n) is 1.28. The van der Waals surface area contributed by atoms with Gasteiger partial charge in [0.15, 0.2) is 0 Å². The average molecular weight is 198 g/mol. The van der Waals surface area contributed by atoms with Crippen molar-refractivity contribution < 1.29 is 15.0 Å². The van der Waals surface area contributed by atoms with Gasteiger partial charge in [-0.1, -0.05) is 6.08 Å². The molecule has 1 rings (SSSR count). The van der Waals surface area contributed by atoms with Gasteiger partial charge in [0.1, 0.15) is 11.0 Å². The summed E-state index contributed by atoms with van der Waals surface area (Å²) < 4.78 is 0. The Bertz CT molecular complexity index is 319. The van der Waals surface area contributed by atoms with E-state index in [1.54, 1.807) is 17.5 Å². The maximum Gasteiger partial charge on any atom is 0.139 e. The fraction of sp³-hybridized carbons (Fsp3) is 0.250. The third kappa shape index (κ3) is 2.96. The minimum atomic E-state index is -1.26. The zero-order chi connectivity index (χ0) is 9.68. The molecule has 1 N–H and O–H groups in total. The Kier molecular flexibility index (Phi) is 3.60. The Hall–Kier alpha value is -1.20. The first-order valence-corrected chi connectivity index (χ1v) is 4.56. The topological polar surface area (TPSA) is 73.2 Å². The van der Waals surface area contributed by atoms with Crippen LogP contribution in [0.2, 0.25) is 0 Å². The van der Waals surface area contributed by atoms with Crippen molar-refractivity contribution in [1.29, 1.82) is 0 Å². The molecule has 13 heavy (non-hydrogen) atoms. The average Bonchev–Trinajstić information content (AvgIpc) is 2.53. The lowest BCUT2D eigenvalue weighted by molar-refractivity contribution is -0.255. The van der Waals surface area contributed by atoms with Gasteiger partial charge in [-0.15, -0.1) is 11.3 Å². The maximum absolute atomic E-state index is 10.3. The summed E-state index contributed by atoms with van der Waals surface area (Å²) in [5.74, 6) is -1.26. The predicted molar refractivity (Wildman–Crippen MR) is 47.2 cm³/mol. The van der Waals surface area contributed by atoms with E-state index in [0.717, 1.165) is 11.3 Å². The van der Waals surface area contributed by atoms with Crippen LogP contribution in [0.15, 0.2) is 11.5 Å². The Morgan fingerprint density at radius 3 is 3.08 bits per heavy atom. The molecule has 0 aliphatic carbocycles. The van der Waals surface area contributed by atoms with E-state index >= 15 is 0 Å². The van der Waals surface area contributed by atoms with Crippen molar-refractivity contribution in [2.45, 2.75) is 6.42 Å². The summed E-state index contributed by atoms with van der Waals surface area (Å²) in [6.45, 7) is 0.0774. The molecule has 0 amide bonds. The molecule has 0 aliphatic heterocycles. The SMILES string of the molecule is O=C([O-])c1nc(C=CCCO)cs1. The summed E-state index contributed by atoms with van der Waals surface area (Å²) in [5, 5.41) is 20.4. The highest BCUT2D eigenvalue weighted by Gasteiger charge is 1.98. The lowest BCUT2D eigenvalue weighted by Gasteiger charge is -1.91. The third-order valence-corrected chi connectivity index (χ3v) is 2.12. The zero-order valence-corrected chi connectivity index (χ0v) is 7.58. The number of thiazole rings is 1. The van der Waals surface area contributed by atoms with Crippen LogP contribution in [0, 0.1) is 0 Å². The second-order valence-electron chi connectivity index (χ2n) is 2.28. The molecule has 1 aromatic rings. The lowest BCUT2D eigenvalue weighted by atomic mass is 10.3. The molecule has 0 radical (unpaired) electrons. The van der Waals surface area contributed by atoms with Crippen LogP contribution in [-0.2, 0) is 0 Å². The highest BCUT2D eigenvalue weighted by molar-refractivity contribution is 7.11. The second kappa shape index (κ2) is 4.74. The Morgan fingerprint density at radius 1 is 1.77 bits per heavy atom. The monoisotopic (exact) mass is 198 g/mol. The van der Waals surface area contributed by atoms with Gasteiger partial charge in [-0.3, -0.25) is 0 Å². The Labute approximate surface area is 79.2 Å². The van der Waals surface area contributed by atoms with Crippen LogP contribution < -0.4 is 5.11 Å². The van der Waals surface area contributed by atoms with Gasteiger partial charge in [-0.05, 0) is 12.5 Å². The molecule has 1 aromatic heterocycles. The summed E-state index contributed by atoms with van der Waals surface area (Å²) in [6, 6.07) is 0. The van der Waals surface area contributed by atoms with Crippen molar-refractivity contribution >= 4 is 23.4 Å². The van der Waals surface area contributed by atoms with Crippen molar-refractivity contribution in [3.8, 4) is 0 Å². The van der Waals surface area contributed by atoms with Gasteiger partial charge in [0, 0.05) is 12.0 Å². The fourth-order valence-electron chi connectivity index (χ4n) is 0.735. The number of hydrogen-bond acceptors (Lipinski definition) is 5. The van der Waals surface area contributed by atoms with Crippen LogP contribution in [0.3, 0.4) is 0 Å².